The Balaban J connectivity index is 1.68. The first kappa shape index (κ1) is 17.3. The maximum Gasteiger partial charge on any atom is 0.254 e. The quantitative estimate of drug-likeness (QED) is 0.822. The van der Waals surface area contributed by atoms with Crippen LogP contribution in [0.4, 0.5) is 4.39 Å². The topological polar surface area (TPSA) is 42.0 Å². The van der Waals surface area contributed by atoms with E-state index in [4.69, 9.17) is 9.47 Å². The van der Waals surface area contributed by atoms with E-state index in [1.807, 2.05) is 4.90 Å². The molecule has 0 radical (unpaired) electrons. The van der Waals surface area contributed by atoms with E-state index in [0.717, 1.165) is 45.7 Å². The van der Waals surface area contributed by atoms with Crippen molar-refractivity contribution >= 4 is 5.91 Å². The summed E-state index contributed by atoms with van der Waals surface area (Å²) in [5.41, 5.74) is 0.546. The number of rotatable bonds is 5. The Morgan fingerprint density at radius 2 is 1.71 bits per heavy atom. The highest BCUT2D eigenvalue weighted by Crippen LogP contribution is 2.18. The summed E-state index contributed by atoms with van der Waals surface area (Å²) in [6.07, 6.45) is 1.71. The second kappa shape index (κ2) is 8.55. The number of ether oxygens (including phenoxy) is 2. The molecule has 2 fully saturated rings. The third-order valence-corrected chi connectivity index (χ3v) is 4.74. The zero-order valence-electron chi connectivity index (χ0n) is 14.0. The zero-order chi connectivity index (χ0) is 16.8. The molecule has 0 aromatic heterocycles. The molecule has 1 aromatic rings. The number of hydrogen-bond acceptors (Lipinski definition) is 4. The van der Waals surface area contributed by atoms with Crippen LogP contribution in [-0.4, -0.2) is 74.4 Å². The first-order valence-electron chi connectivity index (χ1n) is 8.68. The minimum atomic E-state index is -0.322. The summed E-state index contributed by atoms with van der Waals surface area (Å²) in [5.74, 6) is -0.340. The summed E-state index contributed by atoms with van der Waals surface area (Å²) in [6, 6.07) is 6.02. The largest absolute Gasteiger partial charge is 0.381 e. The molecule has 1 amide bonds. The molecule has 0 saturated carbocycles. The van der Waals surface area contributed by atoms with Crippen LogP contribution in [0.2, 0.25) is 0 Å². The van der Waals surface area contributed by atoms with Crippen LogP contribution in [0.5, 0.6) is 0 Å². The van der Waals surface area contributed by atoms with Gasteiger partial charge in [-0.05, 0) is 37.1 Å². The fourth-order valence-electron chi connectivity index (χ4n) is 3.28. The van der Waals surface area contributed by atoms with Crippen LogP contribution < -0.4 is 0 Å². The molecule has 3 rings (SSSR count). The monoisotopic (exact) mass is 336 g/mol. The first-order chi connectivity index (χ1) is 11.7. The molecule has 0 N–H and O–H groups in total. The molecule has 0 atom stereocenters. The highest BCUT2D eigenvalue weighted by Gasteiger charge is 2.27. The molecule has 6 heteroatoms. The lowest BCUT2D eigenvalue weighted by Crippen LogP contribution is -2.48. The van der Waals surface area contributed by atoms with E-state index < -0.39 is 0 Å². The molecule has 0 unspecified atom stereocenters. The molecule has 24 heavy (non-hydrogen) atoms. The number of hydrogen-bond donors (Lipinski definition) is 0. The lowest BCUT2D eigenvalue weighted by atomic mass is 10.1. The van der Waals surface area contributed by atoms with Crippen molar-refractivity contribution in [3.63, 3.8) is 0 Å². The third-order valence-electron chi connectivity index (χ3n) is 4.74. The van der Waals surface area contributed by atoms with Gasteiger partial charge in [0, 0.05) is 51.0 Å². The summed E-state index contributed by atoms with van der Waals surface area (Å²) in [7, 11) is 0. The van der Waals surface area contributed by atoms with Crippen LogP contribution in [0.3, 0.4) is 0 Å². The van der Waals surface area contributed by atoms with E-state index in [2.05, 4.69) is 4.90 Å². The molecular weight excluding hydrogens is 311 g/mol. The molecular formula is C18H25FN2O3. The van der Waals surface area contributed by atoms with Gasteiger partial charge in [-0.25, -0.2) is 4.39 Å². The summed E-state index contributed by atoms with van der Waals surface area (Å²) in [5, 5.41) is 0. The summed E-state index contributed by atoms with van der Waals surface area (Å²) in [4.78, 5) is 17.2. The van der Waals surface area contributed by atoms with Gasteiger partial charge >= 0.3 is 0 Å². The molecule has 0 bridgehead atoms. The van der Waals surface area contributed by atoms with Crippen molar-refractivity contribution in [3.05, 3.63) is 35.6 Å². The Labute approximate surface area is 142 Å². The van der Waals surface area contributed by atoms with Gasteiger partial charge in [-0.1, -0.05) is 0 Å². The molecule has 2 saturated heterocycles. The van der Waals surface area contributed by atoms with Gasteiger partial charge in [0.2, 0.25) is 0 Å². The number of benzene rings is 1. The van der Waals surface area contributed by atoms with Gasteiger partial charge < -0.3 is 14.4 Å². The van der Waals surface area contributed by atoms with Crippen LogP contribution in [0.1, 0.15) is 23.2 Å². The summed E-state index contributed by atoms with van der Waals surface area (Å²) < 4.78 is 23.9. The smallest absolute Gasteiger partial charge is 0.254 e. The average Bonchev–Trinajstić information content (AvgIpc) is 2.64. The van der Waals surface area contributed by atoms with Gasteiger partial charge in [0.1, 0.15) is 5.82 Å². The average molecular weight is 336 g/mol. The Morgan fingerprint density at radius 3 is 2.38 bits per heavy atom. The van der Waals surface area contributed by atoms with Crippen molar-refractivity contribution in [1.82, 2.24) is 9.80 Å². The number of amides is 1. The van der Waals surface area contributed by atoms with E-state index in [0.29, 0.717) is 25.3 Å². The number of morpholine rings is 1. The van der Waals surface area contributed by atoms with Gasteiger partial charge in [-0.15, -0.1) is 0 Å². The lowest BCUT2D eigenvalue weighted by Gasteiger charge is -2.36. The van der Waals surface area contributed by atoms with Gasteiger partial charge in [0.15, 0.2) is 0 Å². The second-order valence-corrected chi connectivity index (χ2v) is 6.30. The van der Waals surface area contributed by atoms with Gasteiger partial charge in [-0.2, -0.15) is 0 Å². The summed E-state index contributed by atoms with van der Waals surface area (Å²) >= 11 is 0. The van der Waals surface area contributed by atoms with Crippen LogP contribution in [0, 0.1) is 5.82 Å². The maximum atomic E-state index is 13.1. The van der Waals surface area contributed by atoms with E-state index in [-0.39, 0.29) is 17.8 Å². The Morgan fingerprint density at radius 1 is 1.08 bits per heavy atom. The van der Waals surface area contributed by atoms with Crippen molar-refractivity contribution in [2.24, 2.45) is 0 Å². The Bertz CT molecular complexity index is 526. The van der Waals surface area contributed by atoms with Crippen LogP contribution >= 0.6 is 0 Å². The number of carbonyl (C=O) groups is 1. The molecule has 132 valence electrons. The Kier molecular flexibility index (Phi) is 6.18. The van der Waals surface area contributed by atoms with Gasteiger partial charge in [0.25, 0.3) is 5.91 Å². The molecule has 2 aliphatic rings. The van der Waals surface area contributed by atoms with E-state index in [9.17, 15) is 9.18 Å². The van der Waals surface area contributed by atoms with Crippen LogP contribution in [0.25, 0.3) is 0 Å². The normalized spacial score (nSPS) is 20.0. The molecule has 2 heterocycles. The van der Waals surface area contributed by atoms with Crippen LogP contribution in [0.15, 0.2) is 24.3 Å². The summed E-state index contributed by atoms with van der Waals surface area (Å²) in [6.45, 7) is 6.23. The van der Waals surface area contributed by atoms with E-state index >= 15 is 0 Å². The van der Waals surface area contributed by atoms with Crippen molar-refractivity contribution in [2.75, 3.05) is 52.6 Å². The Hall–Kier alpha value is -1.50. The fraction of sp³-hybridized carbons (Fsp3) is 0.611. The molecule has 0 aliphatic carbocycles. The van der Waals surface area contributed by atoms with Crippen molar-refractivity contribution < 1.29 is 18.7 Å². The van der Waals surface area contributed by atoms with Gasteiger partial charge in [-0.3, -0.25) is 9.69 Å². The molecule has 5 nitrogen and oxygen atoms in total. The SMILES string of the molecule is O=C(c1ccc(F)cc1)N(CCN1CCOCC1)C1CCOCC1. The maximum absolute atomic E-state index is 13.1. The number of halogens is 1. The van der Waals surface area contributed by atoms with Crippen molar-refractivity contribution in [3.8, 4) is 0 Å². The number of nitrogens with zero attached hydrogens (tertiary/aromatic N) is 2. The van der Waals surface area contributed by atoms with Crippen LogP contribution in [-0.2, 0) is 9.47 Å². The predicted octanol–water partition coefficient (Wildman–Crippen LogP) is 1.78. The van der Waals surface area contributed by atoms with E-state index in [1.54, 1.807) is 12.1 Å². The highest BCUT2D eigenvalue weighted by atomic mass is 19.1. The third kappa shape index (κ3) is 4.53. The van der Waals surface area contributed by atoms with Crippen molar-refractivity contribution in [2.45, 2.75) is 18.9 Å². The fourth-order valence-corrected chi connectivity index (χ4v) is 3.28. The van der Waals surface area contributed by atoms with E-state index in [1.165, 1.54) is 12.1 Å². The first-order valence-corrected chi connectivity index (χ1v) is 8.68. The minimum absolute atomic E-state index is 0.0184. The molecule has 1 aromatic carbocycles. The molecule has 0 spiro atoms. The zero-order valence-corrected chi connectivity index (χ0v) is 14.0. The number of carbonyl (C=O) groups excluding carboxylic acids is 1. The standard InChI is InChI=1S/C18H25FN2O3/c19-16-3-1-15(2-4-16)18(22)21(17-5-11-23-12-6-17)8-7-20-9-13-24-14-10-20/h1-4,17H,5-14H2. The highest BCUT2D eigenvalue weighted by molar-refractivity contribution is 5.94. The second-order valence-electron chi connectivity index (χ2n) is 6.30. The van der Waals surface area contributed by atoms with Crippen molar-refractivity contribution in [1.29, 1.82) is 0 Å². The predicted molar refractivity (Wildman–Crippen MR) is 88.5 cm³/mol. The minimum Gasteiger partial charge on any atom is -0.381 e. The van der Waals surface area contributed by atoms with Gasteiger partial charge in [0.05, 0.1) is 13.2 Å². The molecule has 2 aliphatic heterocycles. The lowest BCUT2D eigenvalue weighted by molar-refractivity contribution is 0.0141.